The molecule has 1 fully saturated rings. The molecule has 2 nitrogen and oxygen atoms in total. The third-order valence-electron chi connectivity index (χ3n) is 4.52. The van der Waals surface area contributed by atoms with E-state index in [1.807, 2.05) is 0 Å². The summed E-state index contributed by atoms with van der Waals surface area (Å²) in [5.74, 6) is -0.428. The van der Waals surface area contributed by atoms with Gasteiger partial charge in [-0.15, -0.1) is 0 Å². The average molecular weight is 353 g/mol. The van der Waals surface area contributed by atoms with Gasteiger partial charge in [0.15, 0.2) is 6.10 Å². The van der Waals surface area contributed by atoms with Gasteiger partial charge in [-0.25, -0.2) is 4.39 Å². The highest BCUT2D eigenvalue weighted by Gasteiger charge is 2.48. The summed E-state index contributed by atoms with van der Waals surface area (Å²) in [6.07, 6.45) is -5.80. The molecule has 134 valence electrons. The Balaban J connectivity index is 1.99. The van der Waals surface area contributed by atoms with Crippen molar-refractivity contribution < 1.29 is 22.3 Å². The van der Waals surface area contributed by atoms with Crippen molar-refractivity contribution in [3.63, 3.8) is 0 Å². The number of piperidine rings is 1. The lowest BCUT2D eigenvalue weighted by molar-refractivity contribution is -0.265. The zero-order chi connectivity index (χ0) is 17.9. The molecule has 0 radical (unpaired) electrons. The maximum atomic E-state index is 13.7. The van der Waals surface area contributed by atoms with Crippen molar-refractivity contribution in [2.24, 2.45) is 0 Å². The summed E-state index contributed by atoms with van der Waals surface area (Å²) in [5, 5.41) is 3.14. The maximum absolute atomic E-state index is 13.7. The summed E-state index contributed by atoms with van der Waals surface area (Å²) < 4.78 is 60.2. The second-order valence-corrected chi connectivity index (χ2v) is 6.20. The summed E-state index contributed by atoms with van der Waals surface area (Å²) >= 11 is 0. The predicted molar refractivity (Wildman–Crippen MR) is 86.5 cm³/mol. The number of rotatable bonds is 4. The van der Waals surface area contributed by atoms with Crippen LogP contribution in [0.2, 0.25) is 0 Å². The van der Waals surface area contributed by atoms with Crippen LogP contribution in [-0.4, -0.2) is 19.3 Å². The molecular formula is C19H19F4NO. The molecule has 0 aliphatic carbocycles. The highest BCUT2D eigenvalue weighted by atomic mass is 19.4. The van der Waals surface area contributed by atoms with Gasteiger partial charge < -0.3 is 10.1 Å². The molecule has 0 spiro atoms. The quantitative estimate of drug-likeness (QED) is 0.803. The van der Waals surface area contributed by atoms with E-state index >= 15 is 0 Å². The highest BCUT2D eigenvalue weighted by Crippen LogP contribution is 2.45. The zero-order valence-electron chi connectivity index (χ0n) is 13.5. The Kier molecular flexibility index (Phi) is 5.11. The maximum Gasteiger partial charge on any atom is 0.418 e. The van der Waals surface area contributed by atoms with Gasteiger partial charge in [-0.2, -0.15) is 13.2 Å². The molecule has 1 heterocycles. The fourth-order valence-electron chi connectivity index (χ4n) is 3.24. The molecule has 2 aromatic carbocycles. The third kappa shape index (κ3) is 4.02. The molecule has 1 aliphatic rings. The first kappa shape index (κ1) is 17.9. The highest BCUT2D eigenvalue weighted by molar-refractivity contribution is 5.26. The van der Waals surface area contributed by atoms with E-state index in [1.165, 1.54) is 36.4 Å². The molecule has 1 aliphatic heterocycles. The molecule has 0 bridgehead atoms. The van der Waals surface area contributed by atoms with Gasteiger partial charge in [0, 0.05) is 0 Å². The van der Waals surface area contributed by atoms with Crippen LogP contribution in [0, 0.1) is 5.82 Å². The van der Waals surface area contributed by atoms with Crippen LogP contribution >= 0.6 is 0 Å². The SMILES string of the molecule is Fc1ccc(C2(OC(c3ccccc3)C(F)(F)F)CCNCC2)cc1. The number of benzene rings is 2. The number of alkyl halides is 3. The predicted octanol–water partition coefficient (Wildman–Crippen LogP) is 4.72. The van der Waals surface area contributed by atoms with Crippen molar-refractivity contribution >= 4 is 0 Å². The average Bonchev–Trinajstić information content (AvgIpc) is 2.61. The van der Waals surface area contributed by atoms with Gasteiger partial charge >= 0.3 is 6.18 Å². The van der Waals surface area contributed by atoms with Gasteiger partial charge in [0.05, 0.1) is 5.60 Å². The Morgan fingerprint density at radius 2 is 1.52 bits per heavy atom. The zero-order valence-corrected chi connectivity index (χ0v) is 13.5. The lowest BCUT2D eigenvalue weighted by Crippen LogP contribution is -2.44. The van der Waals surface area contributed by atoms with Crippen LogP contribution in [0.4, 0.5) is 17.6 Å². The van der Waals surface area contributed by atoms with E-state index in [0.29, 0.717) is 31.5 Å². The van der Waals surface area contributed by atoms with Gasteiger partial charge in [0.1, 0.15) is 5.82 Å². The van der Waals surface area contributed by atoms with E-state index in [4.69, 9.17) is 4.74 Å². The molecule has 6 heteroatoms. The van der Waals surface area contributed by atoms with Crippen molar-refractivity contribution in [1.29, 1.82) is 0 Å². The van der Waals surface area contributed by atoms with Crippen LogP contribution in [0.3, 0.4) is 0 Å². The van der Waals surface area contributed by atoms with Gasteiger partial charge in [-0.1, -0.05) is 42.5 Å². The minimum absolute atomic E-state index is 0.0648. The second-order valence-electron chi connectivity index (χ2n) is 6.20. The largest absolute Gasteiger partial charge is 0.418 e. The van der Waals surface area contributed by atoms with Crippen molar-refractivity contribution in [1.82, 2.24) is 5.32 Å². The van der Waals surface area contributed by atoms with Crippen LogP contribution < -0.4 is 5.32 Å². The topological polar surface area (TPSA) is 21.3 Å². The van der Waals surface area contributed by atoms with Gasteiger partial charge in [-0.05, 0) is 49.2 Å². The van der Waals surface area contributed by atoms with Crippen LogP contribution in [0.15, 0.2) is 54.6 Å². The van der Waals surface area contributed by atoms with E-state index < -0.39 is 23.7 Å². The van der Waals surface area contributed by atoms with E-state index in [9.17, 15) is 17.6 Å². The van der Waals surface area contributed by atoms with Crippen LogP contribution in [0.1, 0.15) is 30.1 Å². The lowest BCUT2D eigenvalue weighted by Gasteiger charge is -2.41. The minimum Gasteiger partial charge on any atom is -0.353 e. The third-order valence-corrected chi connectivity index (χ3v) is 4.52. The van der Waals surface area contributed by atoms with E-state index in [0.717, 1.165) is 0 Å². The van der Waals surface area contributed by atoms with E-state index in [1.54, 1.807) is 18.2 Å². The van der Waals surface area contributed by atoms with Crippen molar-refractivity contribution in [3.8, 4) is 0 Å². The summed E-state index contributed by atoms with van der Waals surface area (Å²) in [5.41, 5.74) is -0.467. The molecule has 1 atom stereocenters. The summed E-state index contributed by atoms with van der Waals surface area (Å²) in [6, 6.07) is 13.2. The van der Waals surface area contributed by atoms with Gasteiger partial charge in [-0.3, -0.25) is 0 Å². The first-order valence-electron chi connectivity index (χ1n) is 8.17. The van der Waals surface area contributed by atoms with Gasteiger partial charge in [0.25, 0.3) is 0 Å². The fraction of sp³-hybridized carbons (Fsp3) is 0.368. The monoisotopic (exact) mass is 353 g/mol. The Hall–Kier alpha value is -1.92. The van der Waals surface area contributed by atoms with Crippen molar-refractivity contribution in [2.45, 2.75) is 30.7 Å². The Morgan fingerprint density at radius 3 is 2.08 bits per heavy atom. The molecular weight excluding hydrogens is 334 g/mol. The number of ether oxygens (including phenoxy) is 1. The normalized spacial score (nSPS) is 18.7. The molecule has 1 saturated heterocycles. The lowest BCUT2D eigenvalue weighted by atomic mass is 9.84. The first-order valence-corrected chi connectivity index (χ1v) is 8.17. The molecule has 0 saturated carbocycles. The molecule has 1 N–H and O–H groups in total. The molecule has 0 amide bonds. The van der Waals surface area contributed by atoms with E-state index in [-0.39, 0.29) is 5.56 Å². The fourth-order valence-corrected chi connectivity index (χ4v) is 3.24. The molecule has 1 unspecified atom stereocenters. The number of nitrogens with one attached hydrogen (secondary N) is 1. The Bertz CT molecular complexity index is 679. The van der Waals surface area contributed by atoms with Crippen LogP contribution in [-0.2, 0) is 10.3 Å². The minimum atomic E-state index is -4.54. The first-order chi connectivity index (χ1) is 11.9. The van der Waals surface area contributed by atoms with Gasteiger partial charge in [0.2, 0.25) is 0 Å². The Morgan fingerprint density at radius 1 is 0.920 bits per heavy atom. The van der Waals surface area contributed by atoms with Crippen LogP contribution in [0.25, 0.3) is 0 Å². The number of halogens is 4. The molecule has 25 heavy (non-hydrogen) atoms. The smallest absolute Gasteiger partial charge is 0.353 e. The number of hydrogen-bond acceptors (Lipinski definition) is 2. The summed E-state index contributed by atoms with van der Waals surface area (Å²) in [7, 11) is 0. The summed E-state index contributed by atoms with van der Waals surface area (Å²) in [6.45, 7) is 1.08. The van der Waals surface area contributed by atoms with E-state index in [2.05, 4.69) is 5.32 Å². The summed E-state index contributed by atoms with van der Waals surface area (Å²) in [4.78, 5) is 0. The van der Waals surface area contributed by atoms with Crippen molar-refractivity contribution in [2.75, 3.05) is 13.1 Å². The van der Waals surface area contributed by atoms with Crippen molar-refractivity contribution in [3.05, 3.63) is 71.5 Å². The standard InChI is InChI=1S/C19H19F4NO/c20-16-8-6-15(7-9-16)18(10-12-24-13-11-18)25-17(19(21,22)23)14-4-2-1-3-5-14/h1-9,17,24H,10-13H2. The molecule has 0 aromatic heterocycles. The van der Waals surface area contributed by atoms with Crippen LogP contribution in [0.5, 0.6) is 0 Å². The second kappa shape index (κ2) is 7.14. The molecule has 3 rings (SSSR count). The number of hydrogen-bond donors (Lipinski definition) is 1. The molecule has 2 aromatic rings. The Labute approximate surface area is 143 Å².